The smallest absolute Gasteiger partial charge is 0.0759 e. The van der Waals surface area contributed by atoms with Gasteiger partial charge >= 0.3 is 0 Å². The Morgan fingerprint density at radius 1 is 0.708 bits per heavy atom. The number of ether oxygens (including phenoxy) is 1. The average molecular weight is 341 g/mol. The minimum Gasteiger partial charge on any atom is -0.377 e. The largest absolute Gasteiger partial charge is 0.377 e. The van der Waals surface area contributed by atoms with Crippen LogP contribution < -0.4 is 0 Å². The van der Waals surface area contributed by atoms with Crippen LogP contribution in [0.1, 0.15) is 120 Å². The summed E-state index contributed by atoms with van der Waals surface area (Å²) in [4.78, 5) is 0. The highest BCUT2D eigenvalue weighted by atomic mass is 16.5. The number of unbranched alkanes of at least 4 members (excludes halogenated alkanes) is 6. The minimum absolute atomic E-state index is 0.0231. The highest BCUT2D eigenvalue weighted by Gasteiger charge is 2.51. The molecule has 0 amide bonds. The van der Waals surface area contributed by atoms with Gasteiger partial charge in [-0.2, -0.15) is 0 Å². The third-order valence-electron chi connectivity index (χ3n) is 5.99. The second-order valence-corrected chi connectivity index (χ2v) is 9.92. The molecule has 2 unspecified atom stereocenters. The van der Waals surface area contributed by atoms with Crippen LogP contribution in [0.4, 0.5) is 0 Å². The molecule has 1 heteroatoms. The van der Waals surface area contributed by atoms with Gasteiger partial charge in [-0.05, 0) is 29.6 Å². The zero-order chi connectivity index (χ0) is 18.9. The van der Waals surface area contributed by atoms with Crippen molar-refractivity contribution < 1.29 is 4.74 Å². The fourth-order valence-electron chi connectivity index (χ4n) is 4.56. The highest BCUT2D eigenvalue weighted by molar-refractivity contribution is 5.01. The molecule has 1 nitrogen and oxygen atoms in total. The molecular weight excluding hydrogens is 292 g/mol. The van der Waals surface area contributed by atoms with Gasteiger partial charge in [0, 0.05) is 7.11 Å². The van der Waals surface area contributed by atoms with Gasteiger partial charge in [-0.1, -0.05) is 107 Å². The summed E-state index contributed by atoms with van der Waals surface area (Å²) in [5.41, 5.74) is 0.419. The van der Waals surface area contributed by atoms with Gasteiger partial charge in [0.15, 0.2) is 0 Å². The Morgan fingerprint density at radius 2 is 1.21 bits per heavy atom. The summed E-state index contributed by atoms with van der Waals surface area (Å²) in [5.74, 6) is 0.604. The van der Waals surface area contributed by atoms with Gasteiger partial charge in [0.25, 0.3) is 0 Å². The molecule has 0 N–H and O–H groups in total. The fraction of sp³-hybridized carbons (Fsp3) is 1.00. The van der Waals surface area contributed by atoms with Crippen molar-refractivity contribution in [2.75, 3.05) is 7.11 Å². The van der Waals surface area contributed by atoms with Crippen LogP contribution in [0.15, 0.2) is 0 Å². The second-order valence-electron chi connectivity index (χ2n) is 9.92. The lowest BCUT2D eigenvalue weighted by atomic mass is 9.58. The predicted molar refractivity (Wildman–Crippen MR) is 110 cm³/mol. The fourth-order valence-corrected chi connectivity index (χ4v) is 4.56. The maximum atomic E-state index is 6.39. The van der Waals surface area contributed by atoms with Crippen LogP contribution in [0.25, 0.3) is 0 Å². The van der Waals surface area contributed by atoms with Crippen LogP contribution in [0.5, 0.6) is 0 Å². The maximum Gasteiger partial charge on any atom is 0.0759 e. The van der Waals surface area contributed by atoms with Crippen LogP contribution in [-0.2, 0) is 4.74 Å². The summed E-state index contributed by atoms with van der Waals surface area (Å²) >= 11 is 0. The quantitative estimate of drug-likeness (QED) is 0.327. The van der Waals surface area contributed by atoms with E-state index in [4.69, 9.17) is 4.74 Å². The first kappa shape index (κ1) is 24.0. The van der Waals surface area contributed by atoms with Crippen LogP contribution in [0.3, 0.4) is 0 Å². The van der Waals surface area contributed by atoms with Crippen molar-refractivity contribution in [2.24, 2.45) is 16.7 Å². The number of hydrogen-bond donors (Lipinski definition) is 0. The number of rotatable bonds is 12. The molecule has 24 heavy (non-hydrogen) atoms. The Kier molecular flexibility index (Phi) is 10.8. The Labute approximate surface area is 154 Å². The van der Waals surface area contributed by atoms with Crippen molar-refractivity contribution in [2.45, 2.75) is 125 Å². The summed E-state index contributed by atoms with van der Waals surface area (Å²) < 4.78 is 6.39. The standard InChI is InChI=1S/C23H48O/c1-10-12-14-15-16-17-18-20(21(3,4)5)23(24-9,19-13-11-2)22(6,7)8/h20H,10-19H2,1-9H3. The van der Waals surface area contributed by atoms with E-state index in [0.29, 0.717) is 5.92 Å². The molecule has 146 valence electrons. The lowest BCUT2D eigenvalue weighted by molar-refractivity contribution is -0.168. The third-order valence-corrected chi connectivity index (χ3v) is 5.99. The van der Waals surface area contributed by atoms with Gasteiger partial charge in [0.05, 0.1) is 5.60 Å². The van der Waals surface area contributed by atoms with E-state index in [1.807, 2.05) is 7.11 Å². The van der Waals surface area contributed by atoms with E-state index in [0.717, 1.165) is 0 Å². The molecule has 0 saturated heterocycles. The van der Waals surface area contributed by atoms with Crippen LogP contribution in [-0.4, -0.2) is 12.7 Å². The zero-order valence-corrected chi connectivity index (χ0v) is 18.6. The van der Waals surface area contributed by atoms with Gasteiger partial charge in [-0.15, -0.1) is 0 Å². The molecule has 0 aromatic carbocycles. The summed E-state index contributed by atoms with van der Waals surface area (Å²) in [5, 5.41) is 0. The number of methoxy groups -OCH3 is 1. The van der Waals surface area contributed by atoms with Crippen molar-refractivity contribution in [3.05, 3.63) is 0 Å². The molecule has 0 aliphatic rings. The molecule has 0 fully saturated rings. The summed E-state index contributed by atoms with van der Waals surface area (Å²) in [6.07, 6.45) is 13.2. The molecule has 2 atom stereocenters. The van der Waals surface area contributed by atoms with E-state index in [9.17, 15) is 0 Å². The molecule has 0 radical (unpaired) electrons. The summed E-state index contributed by atoms with van der Waals surface area (Å²) in [6, 6.07) is 0. The molecule has 0 heterocycles. The van der Waals surface area contributed by atoms with Crippen LogP contribution >= 0.6 is 0 Å². The molecule has 0 rings (SSSR count). The van der Waals surface area contributed by atoms with E-state index >= 15 is 0 Å². The molecule has 0 aliphatic carbocycles. The van der Waals surface area contributed by atoms with Crippen molar-refractivity contribution in [1.82, 2.24) is 0 Å². The SMILES string of the molecule is CCCCCCCCC(C(C)(C)C)C(CCCC)(OC)C(C)(C)C. The van der Waals surface area contributed by atoms with Crippen molar-refractivity contribution in [3.8, 4) is 0 Å². The molecule has 0 aliphatic heterocycles. The van der Waals surface area contributed by atoms with Gasteiger partial charge in [-0.25, -0.2) is 0 Å². The van der Waals surface area contributed by atoms with E-state index in [2.05, 4.69) is 55.4 Å². The molecule has 0 spiro atoms. The van der Waals surface area contributed by atoms with Crippen molar-refractivity contribution in [1.29, 1.82) is 0 Å². The summed E-state index contributed by atoms with van der Waals surface area (Å²) in [7, 11) is 1.96. The topological polar surface area (TPSA) is 9.23 Å². The van der Waals surface area contributed by atoms with Gasteiger partial charge in [0.1, 0.15) is 0 Å². The van der Waals surface area contributed by atoms with E-state index in [1.165, 1.54) is 64.2 Å². The second kappa shape index (κ2) is 10.8. The molecule has 0 bridgehead atoms. The zero-order valence-electron chi connectivity index (χ0n) is 18.6. The normalized spacial score (nSPS) is 16.9. The number of hydrogen-bond acceptors (Lipinski definition) is 1. The maximum absolute atomic E-state index is 6.39. The van der Waals surface area contributed by atoms with E-state index in [-0.39, 0.29) is 16.4 Å². The van der Waals surface area contributed by atoms with Crippen LogP contribution in [0.2, 0.25) is 0 Å². The first-order valence-electron chi connectivity index (χ1n) is 10.6. The van der Waals surface area contributed by atoms with Gasteiger partial charge < -0.3 is 4.74 Å². The molecular formula is C23H48O. The van der Waals surface area contributed by atoms with E-state index in [1.54, 1.807) is 0 Å². The average Bonchev–Trinajstić information content (AvgIpc) is 2.46. The van der Waals surface area contributed by atoms with Crippen molar-refractivity contribution in [3.63, 3.8) is 0 Å². The summed E-state index contributed by atoms with van der Waals surface area (Å²) in [6.45, 7) is 19.0. The lowest BCUT2D eigenvalue weighted by Gasteiger charge is -2.54. The molecule has 0 aromatic heterocycles. The van der Waals surface area contributed by atoms with Crippen molar-refractivity contribution >= 4 is 0 Å². The van der Waals surface area contributed by atoms with Gasteiger partial charge in [-0.3, -0.25) is 0 Å². The Morgan fingerprint density at radius 3 is 1.62 bits per heavy atom. The third kappa shape index (κ3) is 7.06. The Hall–Kier alpha value is -0.0400. The minimum atomic E-state index is -0.0231. The highest BCUT2D eigenvalue weighted by Crippen LogP contribution is 2.51. The molecule has 0 saturated carbocycles. The lowest BCUT2D eigenvalue weighted by Crippen LogP contribution is -2.55. The van der Waals surface area contributed by atoms with Gasteiger partial charge in [0.2, 0.25) is 0 Å². The monoisotopic (exact) mass is 340 g/mol. The Bertz CT molecular complexity index is 307. The predicted octanol–water partition coefficient (Wildman–Crippen LogP) is 8.02. The first-order chi connectivity index (χ1) is 11.1. The Balaban J connectivity index is 5.18. The first-order valence-corrected chi connectivity index (χ1v) is 10.6. The van der Waals surface area contributed by atoms with Crippen LogP contribution in [0, 0.1) is 16.7 Å². The van der Waals surface area contributed by atoms with E-state index < -0.39 is 0 Å². The molecule has 0 aromatic rings.